The third kappa shape index (κ3) is 3.29. The molecule has 0 bridgehead atoms. The number of piperidine rings is 1. The Hall–Kier alpha value is -0.570. The topological polar surface area (TPSA) is 46.3 Å². The first-order chi connectivity index (χ1) is 6.61. The van der Waals surface area contributed by atoms with Crippen LogP contribution in [-0.4, -0.2) is 29.9 Å². The predicted molar refractivity (Wildman–Crippen MR) is 57.9 cm³/mol. The molecule has 1 atom stereocenters. The zero-order chi connectivity index (χ0) is 10.6. The number of nitrogens with zero attached hydrogens (tertiary/aromatic N) is 1. The summed E-state index contributed by atoms with van der Waals surface area (Å²) in [6.45, 7) is 6.49. The van der Waals surface area contributed by atoms with E-state index in [1.165, 1.54) is 19.3 Å². The van der Waals surface area contributed by atoms with E-state index in [-0.39, 0.29) is 5.91 Å². The molecular formula is C11H22N2O. The molecule has 1 aliphatic heterocycles. The van der Waals surface area contributed by atoms with Crippen molar-refractivity contribution in [3.05, 3.63) is 0 Å². The lowest BCUT2D eigenvalue weighted by molar-refractivity contribution is -0.118. The molecule has 1 amide bonds. The molecule has 1 aliphatic rings. The lowest BCUT2D eigenvalue weighted by Gasteiger charge is -2.38. The summed E-state index contributed by atoms with van der Waals surface area (Å²) in [7, 11) is 0. The molecule has 0 aromatic heterocycles. The van der Waals surface area contributed by atoms with Crippen molar-refractivity contribution in [1.29, 1.82) is 0 Å². The van der Waals surface area contributed by atoms with Gasteiger partial charge in [-0.2, -0.15) is 0 Å². The molecule has 0 aromatic rings. The van der Waals surface area contributed by atoms with Crippen LogP contribution in [0.3, 0.4) is 0 Å². The average Bonchev–Trinajstić information content (AvgIpc) is 2.15. The zero-order valence-electron chi connectivity index (χ0n) is 9.33. The fourth-order valence-electron chi connectivity index (χ4n) is 2.30. The van der Waals surface area contributed by atoms with Crippen molar-refractivity contribution in [3.63, 3.8) is 0 Å². The average molecular weight is 198 g/mol. The Bertz CT molecular complexity index is 192. The van der Waals surface area contributed by atoms with E-state index in [1.807, 2.05) is 0 Å². The van der Waals surface area contributed by atoms with Gasteiger partial charge >= 0.3 is 0 Å². The minimum Gasteiger partial charge on any atom is -0.370 e. The molecule has 2 N–H and O–H groups in total. The van der Waals surface area contributed by atoms with Crippen LogP contribution in [0.2, 0.25) is 0 Å². The summed E-state index contributed by atoms with van der Waals surface area (Å²) < 4.78 is 0. The second-order valence-corrected chi connectivity index (χ2v) is 4.56. The van der Waals surface area contributed by atoms with Gasteiger partial charge in [0.2, 0.25) is 5.91 Å². The Morgan fingerprint density at radius 2 is 2.21 bits per heavy atom. The standard InChI is InChI=1S/C11H22N2O/c1-9(2)10-5-3-4-7-13(10)8-6-11(12)14/h9-10H,3-8H2,1-2H3,(H2,12,14). The van der Waals surface area contributed by atoms with Crippen molar-refractivity contribution in [1.82, 2.24) is 4.90 Å². The van der Waals surface area contributed by atoms with Crippen molar-refractivity contribution in [2.24, 2.45) is 11.7 Å². The van der Waals surface area contributed by atoms with E-state index in [0.717, 1.165) is 13.1 Å². The number of hydrogen-bond donors (Lipinski definition) is 1. The number of rotatable bonds is 4. The predicted octanol–water partition coefficient (Wildman–Crippen LogP) is 1.37. The molecule has 14 heavy (non-hydrogen) atoms. The minimum absolute atomic E-state index is 0.182. The first-order valence-electron chi connectivity index (χ1n) is 5.63. The minimum atomic E-state index is -0.182. The van der Waals surface area contributed by atoms with Gasteiger partial charge in [0.1, 0.15) is 0 Å². The summed E-state index contributed by atoms with van der Waals surface area (Å²) in [5, 5.41) is 0. The van der Waals surface area contributed by atoms with Gasteiger partial charge < -0.3 is 5.73 Å². The molecule has 0 radical (unpaired) electrons. The molecule has 0 aromatic carbocycles. The monoisotopic (exact) mass is 198 g/mol. The highest BCUT2D eigenvalue weighted by molar-refractivity contribution is 5.73. The molecule has 0 saturated carbocycles. The SMILES string of the molecule is CC(C)C1CCCCN1CCC(N)=O. The third-order valence-electron chi connectivity index (χ3n) is 3.08. The number of primary amides is 1. The third-order valence-corrected chi connectivity index (χ3v) is 3.08. The molecule has 1 rings (SSSR count). The van der Waals surface area contributed by atoms with Crippen LogP contribution >= 0.6 is 0 Å². The van der Waals surface area contributed by atoms with Gasteiger partial charge in [-0.1, -0.05) is 20.3 Å². The summed E-state index contributed by atoms with van der Waals surface area (Å²) in [6, 6.07) is 0.656. The van der Waals surface area contributed by atoms with E-state index in [2.05, 4.69) is 18.7 Å². The highest BCUT2D eigenvalue weighted by Gasteiger charge is 2.24. The van der Waals surface area contributed by atoms with Crippen LogP contribution < -0.4 is 5.73 Å². The van der Waals surface area contributed by atoms with Crippen LogP contribution in [0.25, 0.3) is 0 Å². The number of hydrogen-bond acceptors (Lipinski definition) is 2. The number of nitrogens with two attached hydrogens (primary N) is 1. The van der Waals surface area contributed by atoms with Gasteiger partial charge in [-0.25, -0.2) is 0 Å². The molecule has 3 nitrogen and oxygen atoms in total. The first-order valence-corrected chi connectivity index (χ1v) is 5.63. The Morgan fingerprint density at radius 3 is 2.79 bits per heavy atom. The van der Waals surface area contributed by atoms with Crippen molar-refractivity contribution in [2.75, 3.05) is 13.1 Å². The van der Waals surface area contributed by atoms with Gasteiger partial charge in [0.15, 0.2) is 0 Å². The maximum Gasteiger partial charge on any atom is 0.218 e. The largest absolute Gasteiger partial charge is 0.370 e. The van der Waals surface area contributed by atoms with Crippen LogP contribution in [0.5, 0.6) is 0 Å². The zero-order valence-corrected chi connectivity index (χ0v) is 9.33. The number of amides is 1. The van der Waals surface area contributed by atoms with Gasteiger partial charge in [0.25, 0.3) is 0 Å². The second-order valence-electron chi connectivity index (χ2n) is 4.56. The fourth-order valence-corrected chi connectivity index (χ4v) is 2.30. The number of carbonyl (C=O) groups excluding carboxylic acids is 1. The quantitative estimate of drug-likeness (QED) is 0.741. The normalized spacial score (nSPS) is 24.1. The molecule has 0 spiro atoms. The lowest BCUT2D eigenvalue weighted by Crippen LogP contribution is -2.43. The van der Waals surface area contributed by atoms with Crippen molar-refractivity contribution >= 4 is 5.91 Å². The van der Waals surface area contributed by atoms with Crippen molar-refractivity contribution in [2.45, 2.75) is 45.6 Å². The summed E-state index contributed by atoms with van der Waals surface area (Å²) in [6.07, 6.45) is 4.37. The Kier molecular flexibility index (Phi) is 4.39. The van der Waals surface area contributed by atoms with Crippen LogP contribution in [0.15, 0.2) is 0 Å². The van der Waals surface area contributed by atoms with E-state index in [1.54, 1.807) is 0 Å². The highest BCUT2D eigenvalue weighted by atomic mass is 16.1. The molecule has 82 valence electrons. The van der Waals surface area contributed by atoms with E-state index < -0.39 is 0 Å². The molecule has 1 heterocycles. The summed E-state index contributed by atoms with van der Waals surface area (Å²) >= 11 is 0. The van der Waals surface area contributed by atoms with Gasteiger partial charge in [-0.05, 0) is 25.3 Å². The van der Waals surface area contributed by atoms with Crippen LogP contribution in [-0.2, 0) is 4.79 Å². The molecular weight excluding hydrogens is 176 g/mol. The fraction of sp³-hybridized carbons (Fsp3) is 0.909. The maximum atomic E-state index is 10.7. The van der Waals surface area contributed by atoms with Crippen LogP contribution in [0.4, 0.5) is 0 Å². The lowest BCUT2D eigenvalue weighted by atomic mass is 9.92. The van der Waals surface area contributed by atoms with Gasteiger partial charge in [0, 0.05) is 19.0 Å². The number of carbonyl (C=O) groups is 1. The van der Waals surface area contributed by atoms with E-state index in [0.29, 0.717) is 18.4 Å². The van der Waals surface area contributed by atoms with Crippen LogP contribution in [0.1, 0.15) is 39.5 Å². The molecule has 3 heteroatoms. The Balaban J connectivity index is 2.41. The molecule has 0 aliphatic carbocycles. The van der Waals surface area contributed by atoms with Crippen molar-refractivity contribution < 1.29 is 4.79 Å². The summed E-state index contributed by atoms with van der Waals surface area (Å²) in [5.74, 6) is 0.501. The van der Waals surface area contributed by atoms with E-state index in [9.17, 15) is 4.79 Å². The first kappa shape index (κ1) is 11.5. The Morgan fingerprint density at radius 1 is 1.50 bits per heavy atom. The summed E-state index contributed by atoms with van der Waals surface area (Å²) in [4.78, 5) is 13.1. The van der Waals surface area contributed by atoms with E-state index >= 15 is 0 Å². The van der Waals surface area contributed by atoms with Gasteiger partial charge in [-0.15, -0.1) is 0 Å². The molecule has 1 saturated heterocycles. The van der Waals surface area contributed by atoms with Crippen LogP contribution in [0, 0.1) is 5.92 Å². The summed E-state index contributed by atoms with van der Waals surface area (Å²) in [5.41, 5.74) is 5.17. The highest BCUT2D eigenvalue weighted by Crippen LogP contribution is 2.22. The van der Waals surface area contributed by atoms with E-state index in [4.69, 9.17) is 5.73 Å². The van der Waals surface area contributed by atoms with Gasteiger partial charge in [0.05, 0.1) is 0 Å². The maximum absolute atomic E-state index is 10.7. The smallest absolute Gasteiger partial charge is 0.218 e. The Labute approximate surface area is 86.6 Å². The molecule has 1 fully saturated rings. The second kappa shape index (κ2) is 5.35. The number of likely N-dealkylation sites (tertiary alicyclic amines) is 1. The van der Waals surface area contributed by atoms with Gasteiger partial charge in [-0.3, -0.25) is 9.69 Å². The van der Waals surface area contributed by atoms with Crippen molar-refractivity contribution in [3.8, 4) is 0 Å². The molecule has 1 unspecified atom stereocenters.